The van der Waals surface area contributed by atoms with Crippen LogP contribution in [0, 0.1) is 0 Å². The lowest BCUT2D eigenvalue weighted by Crippen LogP contribution is -2.26. The van der Waals surface area contributed by atoms with Crippen LogP contribution in [0.15, 0.2) is 11.4 Å². The van der Waals surface area contributed by atoms with Crippen molar-refractivity contribution in [3.63, 3.8) is 0 Å². The first kappa shape index (κ1) is 15.5. The van der Waals surface area contributed by atoms with Crippen LogP contribution in [0.25, 0.3) is 0 Å². The van der Waals surface area contributed by atoms with Crippen LogP contribution < -0.4 is 11.1 Å². The fourth-order valence-corrected chi connectivity index (χ4v) is 2.58. The molecule has 0 saturated heterocycles. The lowest BCUT2D eigenvalue weighted by atomic mass is 10.1. The molecule has 0 aromatic carbocycles. The molecule has 1 amide bonds. The Morgan fingerprint density at radius 2 is 2.29 bits per heavy atom. The van der Waals surface area contributed by atoms with E-state index in [9.17, 15) is 4.79 Å². The zero-order valence-electron chi connectivity index (χ0n) is 12.6. The molecule has 0 aliphatic carbocycles. The van der Waals surface area contributed by atoms with Crippen molar-refractivity contribution in [3.05, 3.63) is 28.5 Å². The molecular weight excluding hydrogens is 286 g/mol. The van der Waals surface area contributed by atoms with Gasteiger partial charge in [-0.25, -0.2) is 4.98 Å². The summed E-state index contributed by atoms with van der Waals surface area (Å²) in [4.78, 5) is 16.3. The SMILES string of the molecule is CC(C)c1cc(C(=O)NCCCc2csc(N)n2)n(C)n1. The monoisotopic (exact) mass is 307 g/mol. The molecule has 0 fully saturated rings. The van der Waals surface area contributed by atoms with Crippen molar-refractivity contribution in [2.24, 2.45) is 7.05 Å². The largest absolute Gasteiger partial charge is 0.375 e. The molecule has 0 unspecified atom stereocenters. The van der Waals surface area contributed by atoms with E-state index in [1.165, 1.54) is 11.3 Å². The Balaban J connectivity index is 1.81. The zero-order chi connectivity index (χ0) is 15.4. The average Bonchev–Trinajstić information content (AvgIpc) is 3.01. The maximum absolute atomic E-state index is 12.1. The number of thiazole rings is 1. The topological polar surface area (TPSA) is 85.8 Å². The Morgan fingerprint density at radius 1 is 1.52 bits per heavy atom. The summed E-state index contributed by atoms with van der Waals surface area (Å²) in [6.07, 6.45) is 1.65. The van der Waals surface area contributed by atoms with Crippen molar-refractivity contribution in [2.75, 3.05) is 12.3 Å². The standard InChI is InChI=1S/C14H21N5OS/c1-9(2)11-7-12(19(3)18-11)13(20)16-6-4-5-10-8-21-14(15)17-10/h7-9H,4-6H2,1-3H3,(H2,15,17)(H,16,20). The molecule has 2 rings (SSSR count). The number of hydrogen-bond donors (Lipinski definition) is 2. The second-order valence-corrected chi connectivity index (χ2v) is 6.16. The highest BCUT2D eigenvalue weighted by Crippen LogP contribution is 2.14. The van der Waals surface area contributed by atoms with Gasteiger partial charge in [-0.1, -0.05) is 13.8 Å². The van der Waals surface area contributed by atoms with E-state index in [2.05, 4.69) is 29.2 Å². The number of hydrogen-bond acceptors (Lipinski definition) is 5. The summed E-state index contributed by atoms with van der Waals surface area (Å²) in [5, 5.41) is 9.80. The molecule has 0 bridgehead atoms. The summed E-state index contributed by atoms with van der Waals surface area (Å²) < 4.78 is 1.63. The van der Waals surface area contributed by atoms with E-state index in [0.29, 0.717) is 23.3 Å². The number of nitrogen functional groups attached to an aromatic ring is 1. The van der Waals surface area contributed by atoms with E-state index in [1.807, 2.05) is 11.4 Å². The van der Waals surface area contributed by atoms with E-state index < -0.39 is 0 Å². The fraction of sp³-hybridized carbons (Fsp3) is 0.500. The quantitative estimate of drug-likeness (QED) is 0.799. The highest BCUT2D eigenvalue weighted by atomic mass is 32.1. The van der Waals surface area contributed by atoms with E-state index >= 15 is 0 Å². The predicted octanol–water partition coefficient (Wildman–Crippen LogP) is 1.94. The molecule has 6 nitrogen and oxygen atoms in total. The molecule has 21 heavy (non-hydrogen) atoms. The molecule has 0 aliphatic rings. The van der Waals surface area contributed by atoms with Crippen molar-refractivity contribution in [1.82, 2.24) is 20.1 Å². The van der Waals surface area contributed by atoms with Crippen molar-refractivity contribution in [2.45, 2.75) is 32.6 Å². The molecule has 114 valence electrons. The van der Waals surface area contributed by atoms with Crippen LogP contribution in [-0.2, 0) is 13.5 Å². The van der Waals surface area contributed by atoms with Crippen molar-refractivity contribution in [1.29, 1.82) is 0 Å². The number of aromatic nitrogens is 3. The molecule has 2 aromatic rings. The Bertz CT molecular complexity index is 617. The minimum atomic E-state index is -0.0882. The van der Waals surface area contributed by atoms with E-state index in [1.54, 1.807) is 11.7 Å². The number of nitrogens with one attached hydrogen (secondary N) is 1. The first-order chi connectivity index (χ1) is 9.97. The third-order valence-corrected chi connectivity index (χ3v) is 3.91. The first-order valence-corrected chi connectivity index (χ1v) is 7.87. The summed E-state index contributed by atoms with van der Waals surface area (Å²) in [6, 6.07) is 1.85. The summed E-state index contributed by atoms with van der Waals surface area (Å²) in [7, 11) is 1.79. The average molecular weight is 307 g/mol. The molecule has 0 aliphatic heterocycles. The van der Waals surface area contributed by atoms with Gasteiger partial charge in [0.2, 0.25) is 0 Å². The molecule has 0 radical (unpaired) electrons. The van der Waals surface area contributed by atoms with Gasteiger partial charge in [-0.15, -0.1) is 11.3 Å². The maximum Gasteiger partial charge on any atom is 0.269 e. The smallest absolute Gasteiger partial charge is 0.269 e. The van der Waals surface area contributed by atoms with Crippen LogP contribution in [0.2, 0.25) is 0 Å². The second-order valence-electron chi connectivity index (χ2n) is 5.27. The summed E-state index contributed by atoms with van der Waals surface area (Å²) in [6.45, 7) is 4.73. The van der Waals surface area contributed by atoms with Crippen LogP contribution in [0.5, 0.6) is 0 Å². The number of nitrogens with zero attached hydrogens (tertiary/aromatic N) is 3. The molecular formula is C14H21N5OS. The third kappa shape index (κ3) is 4.04. The van der Waals surface area contributed by atoms with Gasteiger partial charge in [0.05, 0.1) is 11.4 Å². The molecule has 0 saturated carbocycles. The van der Waals surface area contributed by atoms with Crippen LogP contribution in [0.3, 0.4) is 0 Å². The Kier molecular flexibility index (Phi) is 4.95. The normalized spacial score (nSPS) is 11.0. The van der Waals surface area contributed by atoms with E-state index in [0.717, 1.165) is 24.2 Å². The van der Waals surface area contributed by atoms with Gasteiger partial charge in [0.15, 0.2) is 5.13 Å². The second kappa shape index (κ2) is 6.71. The molecule has 7 heteroatoms. The Morgan fingerprint density at radius 3 is 2.86 bits per heavy atom. The highest BCUT2D eigenvalue weighted by Gasteiger charge is 2.14. The third-order valence-electron chi connectivity index (χ3n) is 3.19. The predicted molar refractivity (Wildman–Crippen MR) is 84.5 cm³/mol. The van der Waals surface area contributed by atoms with Gasteiger partial charge in [-0.3, -0.25) is 9.48 Å². The summed E-state index contributed by atoms with van der Waals surface area (Å²) in [5.74, 6) is 0.225. The van der Waals surface area contributed by atoms with Gasteiger partial charge in [0, 0.05) is 19.0 Å². The van der Waals surface area contributed by atoms with Gasteiger partial charge in [0.25, 0.3) is 5.91 Å². The van der Waals surface area contributed by atoms with Crippen LogP contribution in [0.1, 0.15) is 48.1 Å². The Hall–Kier alpha value is -1.89. The van der Waals surface area contributed by atoms with E-state index in [-0.39, 0.29) is 5.91 Å². The van der Waals surface area contributed by atoms with Crippen LogP contribution in [-0.4, -0.2) is 27.2 Å². The minimum Gasteiger partial charge on any atom is -0.375 e. The number of carbonyl (C=O) groups excluding carboxylic acids is 1. The molecule has 2 aromatic heterocycles. The fourth-order valence-electron chi connectivity index (χ4n) is 1.98. The van der Waals surface area contributed by atoms with Gasteiger partial charge in [-0.05, 0) is 24.8 Å². The van der Waals surface area contributed by atoms with Crippen molar-refractivity contribution >= 4 is 22.4 Å². The molecule has 2 heterocycles. The number of nitrogens with two attached hydrogens (primary N) is 1. The van der Waals surface area contributed by atoms with Crippen molar-refractivity contribution in [3.8, 4) is 0 Å². The lowest BCUT2D eigenvalue weighted by Gasteiger charge is -2.04. The number of carbonyl (C=O) groups is 1. The summed E-state index contributed by atoms with van der Waals surface area (Å²) >= 11 is 1.44. The number of anilines is 1. The van der Waals surface area contributed by atoms with E-state index in [4.69, 9.17) is 5.73 Å². The van der Waals surface area contributed by atoms with Gasteiger partial charge in [-0.2, -0.15) is 5.10 Å². The maximum atomic E-state index is 12.1. The summed E-state index contributed by atoms with van der Waals surface area (Å²) in [5.41, 5.74) is 8.08. The van der Waals surface area contributed by atoms with Gasteiger partial charge < -0.3 is 11.1 Å². The van der Waals surface area contributed by atoms with Crippen LogP contribution in [0.4, 0.5) is 5.13 Å². The highest BCUT2D eigenvalue weighted by molar-refractivity contribution is 7.13. The number of amides is 1. The number of rotatable bonds is 6. The lowest BCUT2D eigenvalue weighted by molar-refractivity contribution is 0.0944. The molecule has 0 spiro atoms. The molecule has 0 atom stereocenters. The number of aryl methyl sites for hydroxylation is 2. The molecule has 3 N–H and O–H groups in total. The van der Waals surface area contributed by atoms with Crippen molar-refractivity contribution < 1.29 is 4.79 Å². The van der Waals surface area contributed by atoms with Gasteiger partial charge in [0.1, 0.15) is 5.69 Å². The van der Waals surface area contributed by atoms with Gasteiger partial charge >= 0.3 is 0 Å². The minimum absolute atomic E-state index is 0.0882. The Labute approximate surface area is 128 Å². The zero-order valence-corrected chi connectivity index (χ0v) is 13.4. The first-order valence-electron chi connectivity index (χ1n) is 6.99. The van der Waals surface area contributed by atoms with Crippen LogP contribution >= 0.6 is 11.3 Å².